The van der Waals surface area contributed by atoms with Gasteiger partial charge in [-0.15, -0.1) is 0 Å². The average Bonchev–Trinajstić information content (AvgIpc) is 0.864. The van der Waals surface area contributed by atoms with Crippen LogP contribution in [0, 0.1) is 29.6 Å². The predicted octanol–water partition coefficient (Wildman–Crippen LogP) is -2.08. The molecule has 0 radical (unpaired) electrons. The SMILES string of the molecule is CC[C@H](C)[C@H](N)C(=O)N[C@@H](CC(N)=O)C(=O)N[C@@H](CC(C)C)C(=O)N[C@@H](CCCCN)C(=O)N[C@@H](C)C(=O)N[C@H](C(=O)N[C@@H](C)C(=O)N[C@@H](C)C(=O)N[C@@H](Cc1ccccc1)C(=O)N[C@@H](C)C(=O)N[C@@H](CCCCN)C(=O)N[C@@H](CCCCN)C(=O)N[C@@H](CC(C)C)C(=O)N[C@@H](CC(C)C)C(N)=O)[C@@H](C)CC. The second kappa shape index (κ2) is 50.6. The number of nitrogens with two attached hydrogens (primary N) is 6. The zero-order valence-electron chi connectivity index (χ0n) is 65.4. The van der Waals surface area contributed by atoms with Crippen LogP contribution < -0.4 is 104 Å². The molecule has 0 heterocycles. The van der Waals surface area contributed by atoms with Crippen LogP contribution in [-0.4, -0.2) is 193 Å². The van der Waals surface area contributed by atoms with Gasteiger partial charge in [-0.05, 0) is 160 Å². The molecule has 606 valence electrons. The summed E-state index contributed by atoms with van der Waals surface area (Å²) in [5, 5.41) is 34.2. The fourth-order valence-electron chi connectivity index (χ4n) is 11.1. The molecule has 0 saturated heterocycles. The summed E-state index contributed by atoms with van der Waals surface area (Å²) in [6.07, 6.45) is 3.39. The van der Waals surface area contributed by atoms with Gasteiger partial charge in [-0.25, -0.2) is 0 Å². The van der Waals surface area contributed by atoms with Gasteiger partial charge in [0.15, 0.2) is 0 Å². The van der Waals surface area contributed by atoms with Gasteiger partial charge in [0.1, 0.15) is 78.5 Å². The molecule has 0 aromatic heterocycles. The summed E-state index contributed by atoms with van der Waals surface area (Å²) in [5.74, 6) is -13.0. The number of amides is 15. The van der Waals surface area contributed by atoms with Crippen LogP contribution >= 0.6 is 0 Å². The zero-order valence-corrected chi connectivity index (χ0v) is 65.4. The largest absolute Gasteiger partial charge is 0.370 e. The monoisotopic (exact) mass is 1510 g/mol. The molecule has 34 nitrogen and oxygen atoms in total. The fraction of sp³-hybridized carbons (Fsp3) is 0.712. The van der Waals surface area contributed by atoms with E-state index in [1.807, 2.05) is 34.6 Å². The highest BCUT2D eigenvalue weighted by atomic mass is 16.2. The third-order valence-electron chi connectivity index (χ3n) is 18.1. The fourth-order valence-corrected chi connectivity index (χ4v) is 11.1. The molecule has 0 aliphatic rings. The molecule has 0 bridgehead atoms. The maximum Gasteiger partial charge on any atom is 0.243 e. The van der Waals surface area contributed by atoms with Crippen molar-refractivity contribution in [3.8, 4) is 0 Å². The molecule has 0 fully saturated rings. The molecule has 0 aliphatic heterocycles. The van der Waals surface area contributed by atoms with E-state index in [1.165, 1.54) is 27.7 Å². The maximum atomic E-state index is 14.3. The molecule has 107 heavy (non-hydrogen) atoms. The lowest BCUT2D eigenvalue weighted by Crippen LogP contribution is -2.61. The summed E-state index contributed by atoms with van der Waals surface area (Å²) in [6.45, 7) is 24.2. The first-order valence-electron chi connectivity index (χ1n) is 37.7. The van der Waals surface area contributed by atoms with Crippen molar-refractivity contribution in [3.05, 3.63) is 35.9 Å². The normalized spacial score (nSPS) is 15.8. The van der Waals surface area contributed by atoms with Crippen molar-refractivity contribution in [3.63, 3.8) is 0 Å². The number of hydrogen-bond acceptors (Lipinski definition) is 19. The standard InChI is InChI=1S/C73H129N19O15/c1-15-42(9)58(78)72(106)91-56(38-57(77)93)71(105)90-53(35-40(5)6)69(103)86-49(28-20-23-31-74)65(99)81-47(14)64(98)92-59(43(10)16-2)73(107)83-44(11)61(95)80-45(12)63(97)88-55(37-48-26-18-17-19-27-48)68(102)82-46(13)62(96)84-50(29-21-24-32-75)66(100)85-51(30-22-25-33-76)67(101)89-54(36-41(7)8)70(104)87-52(60(79)94)34-39(3)4/h17-19,26-27,39-47,49-56,58-59H,15-16,20-25,28-38,74-76,78H2,1-14H3,(H2,77,93)(H2,79,94)(H,80,95)(H,81,99)(H,82,102)(H,83,107)(H,84,96)(H,85,100)(H,86,103)(H,87,104)(H,88,97)(H,89,101)(H,90,105)(H,91,106)(H,92,98)/t42-,43-,44-,45-,46-,47-,49-,50-,51-,52-,53-,54-,55-,56-,58-,59-/m0/s1. The Hall–Kier alpha value is -8.89. The molecule has 1 aromatic rings. The van der Waals surface area contributed by atoms with Crippen LogP contribution in [0.3, 0.4) is 0 Å². The minimum atomic E-state index is -1.49. The van der Waals surface area contributed by atoms with Crippen molar-refractivity contribution in [2.24, 2.45) is 64.0 Å². The molecular formula is C73H129N19O15. The van der Waals surface area contributed by atoms with E-state index in [-0.39, 0.29) is 88.3 Å². The number of hydrogen-bond donors (Lipinski definition) is 19. The number of unbranched alkanes of at least 4 members (excludes halogenated alkanes) is 3. The lowest BCUT2D eigenvalue weighted by atomic mass is 9.97. The van der Waals surface area contributed by atoms with Gasteiger partial charge in [0.2, 0.25) is 88.6 Å². The van der Waals surface area contributed by atoms with E-state index in [4.69, 9.17) is 34.4 Å². The number of nitrogens with one attached hydrogen (secondary N) is 13. The Bertz CT molecular complexity index is 3050. The van der Waals surface area contributed by atoms with E-state index < -0.39 is 186 Å². The van der Waals surface area contributed by atoms with Crippen molar-refractivity contribution in [2.45, 2.75) is 284 Å². The van der Waals surface area contributed by atoms with Crippen LogP contribution in [0.4, 0.5) is 0 Å². The highest BCUT2D eigenvalue weighted by Gasteiger charge is 2.38. The van der Waals surface area contributed by atoms with Gasteiger partial charge in [0.05, 0.1) is 12.5 Å². The quantitative estimate of drug-likeness (QED) is 0.0311. The summed E-state index contributed by atoms with van der Waals surface area (Å²) in [7, 11) is 0. The maximum absolute atomic E-state index is 14.3. The Labute approximate surface area is 630 Å². The third-order valence-corrected chi connectivity index (χ3v) is 18.1. The lowest BCUT2D eigenvalue weighted by Gasteiger charge is -2.28. The predicted molar refractivity (Wildman–Crippen MR) is 405 cm³/mol. The van der Waals surface area contributed by atoms with E-state index in [2.05, 4.69) is 69.1 Å². The summed E-state index contributed by atoms with van der Waals surface area (Å²) >= 11 is 0. The highest BCUT2D eigenvalue weighted by Crippen LogP contribution is 2.16. The van der Waals surface area contributed by atoms with E-state index >= 15 is 0 Å². The first-order valence-corrected chi connectivity index (χ1v) is 37.7. The van der Waals surface area contributed by atoms with Crippen molar-refractivity contribution >= 4 is 88.6 Å². The van der Waals surface area contributed by atoms with E-state index in [1.54, 1.807) is 65.0 Å². The van der Waals surface area contributed by atoms with Gasteiger partial charge in [-0.3, -0.25) is 71.9 Å². The Morgan fingerprint density at radius 1 is 0.327 bits per heavy atom. The van der Waals surface area contributed by atoms with Crippen molar-refractivity contribution in [1.82, 2.24) is 69.1 Å². The highest BCUT2D eigenvalue weighted by molar-refractivity contribution is 6.00. The Balaban J connectivity index is 3.36. The molecule has 25 N–H and O–H groups in total. The third kappa shape index (κ3) is 37.0. The molecule has 1 aromatic carbocycles. The van der Waals surface area contributed by atoms with Crippen LogP contribution in [0.15, 0.2) is 30.3 Å². The topological polar surface area (TPSA) is 569 Å². The second-order valence-electron chi connectivity index (χ2n) is 29.2. The lowest BCUT2D eigenvalue weighted by molar-refractivity contribution is -0.136. The molecule has 15 amide bonds. The number of carbonyl (C=O) groups is 15. The van der Waals surface area contributed by atoms with E-state index in [9.17, 15) is 71.9 Å². The first-order chi connectivity index (χ1) is 50.2. The molecule has 0 unspecified atom stereocenters. The Morgan fingerprint density at radius 3 is 1.01 bits per heavy atom. The molecule has 16 atom stereocenters. The minimum absolute atomic E-state index is 0.00380. The average molecular weight is 1510 g/mol. The van der Waals surface area contributed by atoms with Crippen molar-refractivity contribution in [2.75, 3.05) is 19.6 Å². The zero-order chi connectivity index (χ0) is 81.4. The summed E-state index contributed by atoms with van der Waals surface area (Å²) < 4.78 is 0. The number of rotatable bonds is 53. The van der Waals surface area contributed by atoms with Crippen LogP contribution in [0.1, 0.15) is 199 Å². The molecule has 0 spiro atoms. The molecule has 34 heteroatoms. The number of primary amides is 2. The first kappa shape index (κ1) is 96.1. The Morgan fingerprint density at radius 2 is 0.626 bits per heavy atom. The Kier molecular flexibility index (Phi) is 45.5. The summed E-state index contributed by atoms with van der Waals surface area (Å²) in [4.78, 5) is 205. The number of benzene rings is 1. The van der Waals surface area contributed by atoms with Crippen LogP contribution in [0.25, 0.3) is 0 Å². The van der Waals surface area contributed by atoms with Gasteiger partial charge < -0.3 is 104 Å². The van der Waals surface area contributed by atoms with Gasteiger partial charge in [-0.1, -0.05) is 112 Å². The molecule has 0 saturated carbocycles. The molecule has 0 aliphatic carbocycles. The smallest absolute Gasteiger partial charge is 0.243 e. The van der Waals surface area contributed by atoms with Crippen LogP contribution in [0.5, 0.6) is 0 Å². The molecular weight excluding hydrogens is 1380 g/mol. The van der Waals surface area contributed by atoms with Crippen molar-refractivity contribution in [1.29, 1.82) is 0 Å². The van der Waals surface area contributed by atoms with Crippen molar-refractivity contribution < 1.29 is 71.9 Å². The van der Waals surface area contributed by atoms with Gasteiger partial charge >= 0.3 is 0 Å². The molecule has 1 rings (SSSR count). The van der Waals surface area contributed by atoms with Gasteiger partial charge in [-0.2, -0.15) is 0 Å². The minimum Gasteiger partial charge on any atom is -0.370 e. The van der Waals surface area contributed by atoms with Crippen LogP contribution in [0.2, 0.25) is 0 Å². The summed E-state index contributed by atoms with van der Waals surface area (Å²) in [6, 6.07) is -9.06. The van der Waals surface area contributed by atoms with E-state index in [0.29, 0.717) is 56.9 Å². The van der Waals surface area contributed by atoms with Gasteiger partial charge in [0, 0.05) is 6.42 Å². The van der Waals surface area contributed by atoms with E-state index in [0.717, 1.165) is 0 Å². The second-order valence-corrected chi connectivity index (χ2v) is 29.2. The van der Waals surface area contributed by atoms with Gasteiger partial charge in [0.25, 0.3) is 0 Å². The number of carbonyl (C=O) groups excluding carboxylic acids is 15. The summed E-state index contributed by atoms with van der Waals surface area (Å²) in [5.41, 5.74) is 35.1. The van der Waals surface area contributed by atoms with Crippen LogP contribution in [-0.2, 0) is 78.3 Å².